The Bertz CT molecular complexity index is 236. The fourth-order valence-electron chi connectivity index (χ4n) is 0.887. The van der Waals surface area contributed by atoms with Gasteiger partial charge in [0.05, 0.1) is 11.4 Å². The van der Waals surface area contributed by atoms with E-state index in [1.54, 1.807) is 0 Å². The zero-order chi connectivity index (χ0) is 7.56. The lowest BCUT2D eigenvalue weighted by molar-refractivity contribution is 1.43. The van der Waals surface area contributed by atoms with Crippen LogP contribution < -0.4 is 11.1 Å². The maximum absolute atomic E-state index is 5.64. The quantitative estimate of drug-likeness (QED) is 0.581. The fraction of sp³-hybridized carbons (Fsp3) is 0.250. The Morgan fingerprint density at radius 3 is 2.70 bits per heavy atom. The second-order valence-electron chi connectivity index (χ2n) is 2.34. The maximum atomic E-state index is 5.64. The SMILES string of the molecule is CNc1cc(C)ccc1N.[HH]. The summed E-state index contributed by atoms with van der Waals surface area (Å²) in [4.78, 5) is 0. The Morgan fingerprint density at radius 1 is 1.50 bits per heavy atom. The minimum Gasteiger partial charge on any atom is -0.397 e. The van der Waals surface area contributed by atoms with Gasteiger partial charge >= 0.3 is 0 Å². The molecule has 0 spiro atoms. The zero-order valence-corrected chi connectivity index (χ0v) is 6.31. The summed E-state index contributed by atoms with van der Waals surface area (Å²) in [5.41, 5.74) is 8.66. The lowest BCUT2D eigenvalue weighted by atomic mass is 10.2. The molecule has 0 aliphatic heterocycles. The van der Waals surface area contributed by atoms with Crippen molar-refractivity contribution in [1.29, 1.82) is 0 Å². The number of nitrogen functional groups attached to an aromatic ring is 1. The van der Waals surface area contributed by atoms with Gasteiger partial charge in [-0.05, 0) is 24.6 Å². The van der Waals surface area contributed by atoms with Gasteiger partial charge in [-0.15, -0.1) is 0 Å². The highest BCUT2D eigenvalue weighted by Gasteiger charge is 1.93. The summed E-state index contributed by atoms with van der Waals surface area (Å²) in [6, 6.07) is 5.92. The minimum atomic E-state index is 0. The number of anilines is 2. The lowest BCUT2D eigenvalue weighted by Crippen LogP contribution is -1.95. The molecule has 0 aromatic heterocycles. The molecule has 1 aromatic rings. The van der Waals surface area contributed by atoms with Crippen molar-refractivity contribution in [2.75, 3.05) is 18.1 Å². The number of hydrogen-bond acceptors (Lipinski definition) is 2. The Balaban J connectivity index is 0.000001000. The first-order valence-electron chi connectivity index (χ1n) is 3.28. The highest BCUT2D eigenvalue weighted by atomic mass is 14.8. The van der Waals surface area contributed by atoms with E-state index in [9.17, 15) is 0 Å². The van der Waals surface area contributed by atoms with Crippen molar-refractivity contribution in [1.82, 2.24) is 0 Å². The summed E-state index contributed by atoms with van der Waals surface area (Å²) >= 11 is 0. The van der Waals surface area contributed by atoms with E-state index in [4.69, 9.17) is 5.73 Å². The van der Waals surface area contributed by atoms with Gasteiger partial charge in [0.15, 0.2) is 0 Å². The number of benzene rings is 1. The number of rotatable bonds is 1. The van der Waals surface area contributed by atoms with E-state index in [1.165, 1.54) is 5.56 Å². The van der Waals surface area contributed by atoms with Gasteiger partial charge in [-0.25, -0.2) is 0 Å². The molecule has 0 saturated carbocycles. The first-order valence-corrected chi connectivity index (χ1v) is 3.28. The Kier molecular flexibility index (Phi) is 1.81. The maximum Gasteiger partial charge on any atom is 0.0573 e. The summed E-state index contributed by atoms with van der Waals surface area (Å²) in [6.45, 7) is 2.04. The van der Waals surface area contributed by atoms with Gasteiger partial charge in [-0.1, -0.05) is 6.07 Å². The second kappa shape index (κ2) is 2.60. The molecule has 0 radical (unpaired) electrons. The lowest BCUT2D eigenvalue weighted by Gasteiger charge is -2.04. The van der Waals surface area contributed by atoms with E-state index in [0.717, 1.165) is 11.4 Å². The molecular weight excluding hydrogens is 124 g/mol. The molecule has 1 rings (SSSR count). The molecule has 0 aliphatic carbocycles. The average molecular weight is 138 g/mol. The van der Waals surface area contributed by atoms with Crippen LogP contribution in [0.1, 0.15) is 6.99 Å². The molecule has 0 fully saturated rings. The van der Waals surface area contributed by atoms with Crippen LogP contribution in [-0.4, -0.2) is 7.05 Å². The highest BCUT2D eigenvalue weighted by Crippen LogP contribution is 2.17. The van der Waals surface area contributed by atoms with Gasteiger partial charge in [-0.3, -0.25) is 0 Å². The van der Waals surface area contributed by atoms with Gasteiger partial charge < -0.3 is 11.1 Å². The predicted molar refractivity (Wildman–Crippen MR) is 47.3 cm³/mol. The third-order valence-electron chi connectivity index (χ3n) is 1.48. The molecule has 0 saturated heterocycles. The third kappa shape index (κ3) is 1.21. The van der Waals surface area contributed by atoms with Gasteiger partial charge in [-0.2, -0.15) is 0 Å². The van der Waals surface area contributed by atoms with Crippen molar-refractivity contribution in [3.8, 4) is 0 Å². The van der Waals surface area contributed by atoms with Crippen LogP contribution in [0.15, 0.2) is 18.2 Å². The Hall–Kier alpha value is -1.18. The van der Waals surface area contributed by atoms with Crippen LogP contribution in [0.5, 0.6) is 0 Å². The Labute approximate surface area is 62.5 Å². The molecule has 3 N–H and O–H groups in total. The third-order valence-corrected chi connectivity index (χ3v) is 1.48. The van der Waals surface area contributed by atoms with Crippen LogP contribution >= 0.6 is 0 Å². The number of nitrogens with two attached hydrogens (primary N) is 1. The number of hydrogen-bond donors (Lipinski definition) is 2. The van der Waals surface area contributed by atoms with Crippen LogP contribution in [0.3, 0.4) is 0 Å². The van der Waals surface area contributed by atoms with Crippen LogP contribution in [0.2, 0.25) is 0 Å². The van der Waals surface area contributed by atoms with E-state index >= 15 is 0 Å². The molecule has 0 aliphatic rings. The molecule has 0 amide bonds. The highest BCUT2D eigenvalue weighted by molar-refractivity contribution is 5.66. The molecular formula is C8H14N2. The normalized spacial score (nSPS) is 9.40. The molecule has 10 heavy (non-hydrogen) atoms. The van der Waals surface area contributed by atoms with Crippen LogP contribution in [0.4, 0.5) is 11.4 Å². The second-order valence-corrected chi connectivity index (χ2v) is 2.34. The largest absolute Gasteiger partial charge is 0.397 e. The van der Waals surface area contributed by atoms with Crippen molar-refractivity contribution in [3.05, 3.63) is 23.8 Å². The molecule has 56 valence electrons. The Morgan fingerprint density at radius 2 is 2.20 bits per heavy atom. The summed E-state index contributed by atoms with van der Waals surface area (Å²) in [6.07, 6.45) is 0. The standard InChI is InChI=1S/C8H12N2.H2/c1-6-3-4-7(9)8(5-6)10-2;/h3-5,10H,9H2,1-2H3;1H. The van der Waals surface area contributed by atoms with Crippen molar-refractivity contribution in [2.24, 2.45) is 0 Å². The van der Waals surface area contributed by atoms with Crippen molar-refractivity contribution >= 4 is 11.4 Å². The predicted octanol–water partition coefficient (Wildman–Crippen LogP) is 1.86. The van der Waals surface area contributed by atoms with Gasteiger partial charge in [0.25, 0.3) is 0 Å². The van der Waals surface area contributed by atoms with E-state index in [1.807, 2.05) is 32.2 Å². The van der Waals surface area contributed by atoms with Crippen LogP contribution in [0.25, 0.3) is 0 Å². The van der Waals surface area contributed by atoms with E-state index < -0.39 is 0 Å². The van der Waals surface area contributed by atoms with E-state index in [-0.39, 0.29) is 1.43 Å². The van der Waals surface area contributed by atoms with E-state index in [0.29, 0.717) is 0 Å². The molecule has 0 atom stereocenters. The van der Waals surface area contributed by atoms with Crippen LogP contribution in [0, 0.1) is 6.92 Å². The smallest absolute Gasteiger partial charge is 0.0573 e. The first-order chi connectivity index (χ1) is 4.74. The topological polar surface area (TPSA) is 38.0 Å². The summed E-state index contributed by atoms with van der Waals surface area (Å²) in [5, 5.41) is 3.01. The van der Waals surface area contributed by atoms with Crippen LogP contribution in [-0.2, 0) is 0 Å². The molecule has 2 heteroatoms. The van der Waals surface area contributed by atoms with Crippen molar-refractivity contribution in [2.45, 2.75) is 6.92 Å². The zero-order valence-electron chi connectivity index (χ0n) is 6.31. The molecule has 2 nitrogen and oxygen atoms in total. The van der Waals surface area contributed by atoms with Crippen molar-refractivity contribution < 1.29 is 1.43 Å². The molecule has 1 aromatic carbocycles. The fourth-order valence-corrected chi connectivity index (χ4v) is 0.887. The summed E-state index contributed by atoms with van der Waals surface area (Å²) < 4.78 is 0. The van der Waals surface area contributed by atoms with Gasteiger partial charge in [0.1, 0.15) is 0 Å². The number of nitrogens with one attached hydrogen (secondary N) is 1. The first kappa shape index (κ1) is 6.93. The minimum absolute atomic E-state index is 0. The van der Waals surface area contributed by atoms with E-state index in [2.05, 4.69) is 5.32 Å². The monoisotopic (exact) mass is 138 g/mol. The van der Waals surface area contributed by atoms with Crippen molar-refractivity contribution in [3.63, 3.8) is 0 Å². The molecule has 0 bridgehead atoms. The number of aryl methyl sites for hydroxylation is 1. The molecule has 0 heterocycles. The summed E-state index contributed by atoms with van der Waals surface area (Å²) in [7, 11) is 1.87. The molecule has 0 unspecified atom stereocenters. The van der Waals surface area contributed by atoms with Gasteiger partial charge in [0.2, 0.25) is 0 Å². The summed E-state index contributed by atoms with van der Waals surface area (Å²) in [5.74, 6) is 0. The average Bonchev–Trinajstić information content (AvgIpc) is 1.94. The van der Waals surface area contributed by atoms with Gasteiger partial charge in [0, 0.05) is 8.47 Å².